The van der Waals surface area contributed by atoms with Crippen molar-refractivity contribution in [3.63, 3.8) is 0 Å². The number of nitrogens with zero attached hydrogens (tertiary/aromatic N) is 3. The minimum absolute atomic E-state index is 0.0577. The Bertz CT molecular complexity index is 931. The van der Waals surface area contributed by atoms with Gasteiger partial charge in [-0.3, -0.25) is 9.59 Å². The third-order valence-electron chi connectivity index (χ3n) is 5.01. The number of amides is 2. The van der Waals surface area contributed by atoms with Gasteiger partial charge in [-0.2, -0.15) is 13.2 Å². The lowest BCUT2D eigenvalue weighted by molar-refractivity contribution is -0.137. The van der Waals surface area contributed by atoms with Gasteiger partial charge in [-0.05, 0) is 30.5 Å². The van der Waals surface area contributed by atoms with Crippen molar-refractivity contribution < 1.29 is 22.8 Å². The molecule has 1 unspecified atom stereocenters. The number of anilines is 1. The first-order chi connectivity index (χ1) is 14.1. The average molecular weight is 421 g/mol. The van der Waals surface area contributed by atoms with E-state index in [0.29, 0.717) is 29.9 Å². The Labute approximate surface area is 171 Å². The van der Waals surface area contributed by atoms with Crippen molar-refractivity contribution in [3.05, 3.63) is 41.7 Å². The minimum atomic E-state index is -4.42. The lowest BCUT2D eigenvalue weighted by Gasteiger charge is -2.33. The van der Waals surface area contributed by atoms with E-state index in [-0.39, 0.29) is 30.2 Å². The van der Waals surface area contributed by atoms with E-state index in [9.17, 15) is 22.8 Å². The van der Waals surface area contributed by atoms with Gasteiger partial charge in [-0.1, -0.05) is 12.1 Å². The fraction of sp³-hybridized carbons (Fsp3) is 0.400. The molecule has 0 spiro atoms. The number of alkyl halides is 3. The van der Waals surface area contributed by atoms with Gasteiger partial charge in [0.25, 0.3) is 0 Å². The van der Waals surface area contributed by atoms with Crippen LogP contribution in [0, 0.1) is 0 Å². The normalized spacial score (nSPS) is 16.9. The largest absolute Gasteiger partial charge is 0.416 e. The summed E-state index contributed by atoms with van der Waals surface area (Å²) in [4.78, 5) is 33.4. The SMILES string of the molecule is CC(=O)NCC(=O)N1CCCC(c2nc(N)ncc2-c2ccc(C(F)(F)F)cc2)C1. The molecule has 160 valence electrons. The Morgan fingerprint density at radius 3 is 2.60 bits per heavy atom. The Balaban J connectivity index is 1.86. The number of aromatic nitrogens is 2. The maximum atomic E-state index is 12.9. The molecule has 2 heterocycles. The molecule has 10 heteroatoms. The monoisotopic (exact) mass is 421 g/mol. The molecular formula is C20H22F3N5O2. The van der Waals surface area contributed by atoms with Gasteiger partial charge in [-0.15, -0.1) is 0 Å². The molecule has 7 nitrogen and oxygen atoms in total. The number of halogens is 3. The molecule has 3 rings (SSSR count). The quantitative estimate of drug-likeness (QED) is 0.790. The molecule has 0 aliphatic carbocycles. The van der Waals surface area contributed by atoms with Gasteiger partial charge >= 0.3 is 6.18 Å². The third-order valence-corrected chi connectivity index (χ3v) is 5.01. The van der Waals surface area contributed by atoms with Gasteiger partial charge in [0.05, 0.1) is 17.8 Å². The molecule has 1 aliphatic rings. The molecule has 1 saturated heterocycles. The standard InChI is InChI=1S/C20H22F3N5O2/c1-12(29)25-10-17(30)28-8-2-3-14(11-28)18-16(9-26-19(24)27-18)13-4-6-15(7-5-13)20(21,22)23/h4-7,9,14H,2-3,8,10-11H2,1H3,(H,25,29)(H2,24,26,27). The Hall–Kier alpha value is -3.17. The fourth-order valence-corrected chi connectivity index (χ4v) is 3.52. The molecule has 0 radical (unpaired) electrons. The van der Waals surface area contributed by atoms with Crippen molar-refractivity contribution in [2.24, 2.45) is 0 Å². The van der Waals surface area contributed by atoms with Crippen LogP contribution in [0.1, 0.15) is 36.9 Å². The van der Waals surface area contributed by atoms with Crippen LogP contribution in [0.15, 0.2) is 30.5 Å². The van der Waals surface area contributed by atoms with E-state index in [0.717, 1.165) is 25.0 Å². The van der Waals surface area contributed by atoms with Crippen LogP contribution in [0.2, 0.25) is 0 Å². The van der Waals surface area contributed by atoms with Crippen LogP contribution in [0.3, 0.4) is 0 Å². The summed E-state index contributed by atoms with van der Waals surface area (Å²) in [6.45, 7) is 2.19. The van der Waals surface area contributed by atoms with Crippen LogP contribution in [-0.2, 0) is 15.8 Å². The number of nitrogen functional groups attached to an aromatic ring is 1. The topological polar surface area (TPSA) is 101 Å². The summed E-state index contributed by atoms with van der Waals surface area (Å²) in [5.41, 5.74) is 6.75. The molecule has 0 bridgehead atoms. The molecule has 2 aromatic rings. The first kappa shape index (κ1) is 21.5. The zero-order valence-corrected chi connectivity index (χ0v) is 16.4. The van der Waals surface area contributed by atoms with Crippen LogP contribution in [0.4, 0.5) is 19.1 Å². The number of benzene rings is 1. The summed E-state index contributed by atoms with van der Waals surface area (Å²) >= 11 is 0. The van der Waals surface area contributed by atoms with Crippen LogP contribution < -0.4 is 11.1 Å². The number of nitrogens with one attached hydrogen (secondary N) is 1. The summed E-state index contributed by atoms with van der Waals surface area (Å²) in [6.07, 6.45) is -1.45. The van der Waals surface area contributed by atoms with Crippen molar-refractivity contribution in [2.45, 2.75) is 31.9 Å². The predicted molar refractivity (Wildman–Crippen MR) is 104 cm³/mol. The Kier molecular flexibility index (Phi) is 6.23. The highest BCUT2D eigenvalue weighted by molar-refractivity contribution is 5.83. The second-order valence-electron chi connectivity index (χ2n) is 7.19. The lowest BCUT2D eigenvalue weighted by atomic mass is 9.89. The second-order valence-corrected chi connectivity index (χ2v) is 7.19. The summed E-state index contributed by atoms with van der Waals surface area (Å²) in [5.74, 6) is -0.580. The first-order valence-electron chi connectivity index (χ1n) is 9.47. The van der Waals surface area contributed by atoms with Crippen molar-refractivity contribution in [1.82, 2.24) is 20.2 Å². The van der Waals surface area contributed by atoms with E-state index in [4.69, 9.17) is 5.73 Å². The van der Waals surface area contributed by atoms with E-state index in [1.54, 1.807) is 4.90 Å². The number of hydrogen-bond acceptors (Lipinski definition) is 5. The number of likely N-dealkylation sites (tertiary alicyclic amines) is 1. The summed E-state index contributed by atoms with van der Waals surface area (Å²) in [7, 11) is 0. The van der Waals surface area contributed by atoms with Crippen LogP contribution in [-0.4, -0.2) is 46.3 Å². The number of piperidine rings is 1. The van der Waals surface area contributed by atoms with Gasteiger partial charge in [-0.25, -0.2) is 9.97 Å². The number of nitrogens with two attached hydrogens (primary N) is 1. The zero-order chi connectivity index (χ0) is 21.9. The maximum Gasteiger partial charge on any atom is 0.416 e. The average Bonchev–Trinajstić information content (AvgIpc) is 2.71. The van der Waals surface area contributed by atoms with Gasteiger partial charge in [0.2, 0.25) is 17.8 Å². The number of rotatable bonds is 4. The number of carbonyl (C=O) groups excluding carboxylic acids is 2. The highest BCUT2D eigenvalue weighted by Crippen LogP contribution is 2.35. The summed E-state index contributed by atoms with van der Waals surface area (Å²) in [6, 6.07) is 4.78. The zero-order valence-electron chi connectivity index (χ0n) is 16.4. The highest BCUT2D eigenvalue weighted by Gasteiger charge is 2.31. The van der Waals surface area contributed by atoms with Crippen molar-refractivity contribution in [3.8, 4) is 11.1 Å². The van der Waals surface area contributed by atoms with Crippen molar-refractivity contribution >= 4 is 17.8 Å². The molecular weight excluding hydrogens is 399 g/mol. The van der Waals surface area contributed by atoms with Gasteiger partial charge in [0.15, 0.2) is 0 Å². The van der Waals surface area contributed by atoms with E-state index < -0.39 is 11.7 Å². The second kappa shape index (κ2) is 8.68. The van der Waals surface area contributed by atoms with Crippen molar-refractivity contribution in [1.29, 1.82) is 0 Å². The van der Waals surface area contributed by atoms with Gasteiger partial charge in [0.1, 0.15) is 0 Å². The minimum Gasteiger partial charge on any atom is -0.368 e. The van der Waals surface area contributed by atoms with Crippen LogP contribution >= 0.6 is 0 Å². The molecule has 1 aromatic heterocycles. The van der Waals surface area contributed by atoms with E-state index >= 15 is 0 Å². The van der Waals surface area contributed by atoms with Crippen molar-refractivity contribution in [2.75, 3.05) is 25.4 Å². The van der Waals surface area contributed by atoms with Gasteiger partial charge in [0, 0.05) is 37.7 Å². The molecule has 3 N–H and O–H groups in total. The Morgan fingerprint density at radius 2 is 1.97 bits per heavy atom. The molecule has 1 aromatic carbocycles. The molecule has 2 amide bonds. The van der Waals surface area contributed by atoms with Gasteiger partial charge < -0.3 is 16.0 Å². The van der Waals surface area contributed by atoms with Crippen LogP contribution in [0.25, 0.3) is 11.1 Å². The molecule has 1 fully saturated rings. The maximum absolute atomic E-state index is 12.9. The number of carbonyl (C=O) groups is 2. The third kappa shape index (κ3) is 5.05. The van der Waals surface area contributed by atoms with E-state index in [1.165, 1.54) is 25.3 Å². The molecule has 1 atom stereocenters. The van der Waals surface area contributed by atoms with E-state index in [2.05, 4.69) is 15.3 Å². The molecule has 30 heavy (non-hydrogen) atoms. The molecule has 0 saturated carbocycles. The Morgan fingerprint density at radius 1 is 1.27 bits per heavy atom. The lowest BCUT2D eigenvalue weighted by Crippen LogP contribution is -2.44. The first-order valence-corrected chi connectivity index (χ1v) is 9.47. The van der Waals surface area contributed by atoms with E-state index in [1.807, 2.05) is 0 Å². The smallest absolute Gasteiger partial charge is 0.368 e. The molecule has 1 aliphatic heterocycles. The summed E-state index contributed by atoms with van der Waals surface area (Å²) in [5, 5.41) is 2.49. The number of hydrogen-bond donors (Lipinski definition) is 2. The predicted octanol–water partition coefficient (Wildman–Crippen LogP) is 2.59. The summed E-state index contributed by atoms with van der Waals surface area (Å²) < 4.78 is 38.6. The van der Waals surface area contributed by atoms with Crippen LogP contribution in [0.5, 0.6) is 0 Å². The fourth-order valence-electron chi connectivity index (χ4n) is 3.52. The highest BCUT2D eigenvalue weighted by atomic mass is 19.4.